The molecule has 0 aliphatic carbocycles. The largest absolute Gasteiger partial charge is 0.401 e. The number of halogens is 4. The Kier molecular flexibility index (Phi) is 16.5. The van der Waals surface area contributed by atoms with E-state index in [4.69, 9.17) is 4.74 Å². The fraction of sp³-hybridized carbons (Fsp3) is 0.929. The monoisotopic (exact) mass is 454 g/mol. The zero-order valence-corrected chi connectivity index (χ0v) is 16.5. The number of rotatable bonds is 11. The first kappa shape index (κ1) is 25.0. The van der Waals surface area contributed by atoms with Crippen molar-refractivity contribution in [3.05, 3.63) is 0 Å². The Morgan fingerprint density at radius 1 is 1.13 bits per heavy atom. The highest BCUT2D eigenvalue weighted by atomic mass is 127. The van der Waals surface area contributed by atoms with Gasteiger partial charge >= 0.3 is 6.18 Å². The molecule has 0 aliphatic rings. The van der Waals surface area contributed by atoms with Crippen molar-refractivity contribution in [2.75, 3.05) is 53.5 Å². The van der Waals surface area contributed by atoms with Crippen molar-refractivity contribution in [2.24, 2.45) is 4.99 Å². The number of guanidine groups is 1. The number of nitrogens with zero attached hydrogens (tertiary/aromatic N) is 2. The van der Waals surface area contributed by atoms with Gasteiger partial charge in [0.2, 0.25) is 0 Å². The van der Waals surface area contributed by atoms with Crippen LogP contribution in [0.1, 0.15) is 26.2 Å². The predicted octanol–water partition coefficient (Wildman–Crippen LogP) is 2.47. The standard InChI is InChI=1S/C14H29F3N4O.HI/c1-4-22-11-6-5-8-19-13(18-2)20-9-7-10-21(3)12-14(15,16)17;/h4-12H2,1-3H3,(H2,18,19,20);1H. The minimum absolute atomic E-state index is 0. The van der Waals surface area contributed by atoms with Gasteiger partial charge in [-0.25, -0.2) is 0 Å². The summed E-state index contributed by atoms with van der Waals surface area (Å²) in [6.07, 6.45) is -1.55. The maximum Gasteiger partial charge on any atom is 0.401 e. The summed E-state index contributed by atoms with van der Waals surface area (Å²) in [5, 5.41) is 6.25. The van der Waals surface area contributed by atoms with E-state index in [1.165, 1.54) is 11.9 Å². The number of ether oxygens (including phenoxy) is 1. The maximum absolute atomic E-state index is 12.2. The van der Waals surface area contributed by atoms with Gasteiger partial charge in [0.25, 0.3) is 0 Å². The van der Waals surface area contributed by atoms with Gasteiger partial charge in [-0.3, -0.25) is 9.89 Å². The first-order valence-corrected chi connectivity index (χ1v) is 7.66. The molecule has 0 saturated carbocycles. The quantitative estimate of drug-likeness (QED) is 0.218. The molecule has 0 aromatic rings. The summed E-state index contributed by atoms with van der Waals surface area (Å²) in [5.41, 5.74) is 0. The Morgan fingerprint density at radius 2 is 1.74 bits per heavy atom. The molecule has 0 aromatic carbocycles. The lowest BCUT2D eigenvalue weighted by Crippen LogP contribution is -2.39. The molecule has 5 nitrogen and oxygen atoms in total. The molecule has 0 radical (unpaired) electrons. The lowest BCUT2D eigenvalue weighted by molar-refractivity contribution is -0.143. The third-order valence-electron chi connectivity index (χ3n) is 2.89. The Hall–Kier alpha value is -0.290. The molecule has 0 fully saturated rings. The predicted molar refractivity (Wildman–Crippen MR) is 98.7 cm³/mol. The van der Waals surface area contributed by atoms with Crippen molar-refractivity contribution in [3.63, 3.8) is 0 Å². The van der Waals surface area contributed by atoms with Gasteiger partial charge in [-0.1, -0.05) is 0 Å². The van der Waals surface area contributed by atoms with Crippen molar-refractivity contribution >= 4 is 29.9 Å². The molecule has 23 heavy (non-hydrogen) atoms. The van der Waals surface area contributed by atoms with Gasteiger partial charge in [-0.15, -0.1) is 24.0 Å². The average molecular weight is 454 g/mol. The molecule has 0 heterocycles. The highest BCUT2D eigenvalue weighted by molar-refractivity contribution is 14.0. The van der Waals surface area contributed by atoms with E-state index in [1.54, 1.807) is 7.05 Å². The zero-order valence-electron chi connectivity index (χ0n) is 14.2. The van der Waals surface area contributed by atoms with Gasteiger partial charge in [0.15, 0.2) is 5.96 Å². The molecule has 0 spiro atoms. The molecule has 140 valence electrons. The first-order valence-electron chi connectivity index (χ1n) is 7.66. The minimum atomic E-state index is -4.14. The van der Waals surface area contributed by atoms with E-state index < -0.39 is 12.7 Å². The lowest BCUT2D eigenvalue weighted by atomic mass is 10.3. The van der Waals surface area contributed by atoms with Crippen molar-refractivity contribution < 1.29 is 17.9 Å². The van der Waals surface area contributed by atoms with E-state index in [1.807, 2.05) is 6.92 Å². The summed E-state index contributed by atoms with van der Waals surface area (Å²) in [5.74, 6) is 0.676. The molecule has 0 unspecified atom stereocenters. The van der Waals surface area contributed by atoms with Crippen LogP contribution in [0.3, 0.4) is 0 Å². The van der Waals surface area contributed by atoms with Crippen molar-refractivity contribution in [2.45, 2.75) is 32.4 Å². The second-order valence-corrected chi connectivity index (χ2v) is 5.04. The fourth-order valence-corrected chi connectivity index (χ4v) is 1.84. The average Bonchev–Trinajstić information content (AvgIpc) is 2.43. The van der Waals surface area contributed by atoms with Gasteiger partial charge in [0, 0.05) is 33.4 Å². The van der Waals surface area contributed by atoms with Crippen LogP contribution in [0.5, 0.6) is 0 Å². The fourth-order valence-electron chi connectivity index (χ4n) is 1.84. The number of hydrogen-bond donors (Lipinski definition) is 2. The van der Waals surface area contributed by atoms with Crippen LogP contribution >= 0.6 is 24.0 Å². The van der Waals surface area contributed by atoms with Gasteiger partial charge < -0.3 is 15.4 Å². The van der Waals surface area contributed by atoms with Crippen LogP contribution in [-0.4, -0.2) is 70.5 Å². The van der Waals surface area contributed by atoms with E-state index in [0.717, 1.165) is 32.6 Å². The van der Waals surface area contributed by atoms with Crippen LogP contribution < -0.4 is 10.6 Å². The van der Waals surface area contributed by atoms with E-state index in [-0.39, 0.29) is 24.0 Å². The molecule has 2 N–H and O–H groups in total. The highest BCUT2D eigenvalue weighted by Gasteiger charge is 2.28. The first-order chi connectivity index (χ1) is 10.4. The van der Waals surface area contributed by atoms with E-state index in [0.29, 0.717) is 25.5 Å². The molecular weight excluding hydrogens is 424 g/mol. The lowest BCUT2D eigenvalue weighted by Gasteiger charge is -2.18. The second kappa shape index (κ2) is 15.3. The summed E-state index contributed by atoms with van der Waals surface area (Å²) in [6, 6.07) is 0. The summed E-state index contributed by atoms with van der Waals surface area (Å²) in [4.78, 5) is 5.34. The maximum atomic E-state index is 12.2. The van der Waals surface area contributed by atoms with Gasteiger partial charge in [-0.2, -0.15) is 13.2 Å². The Bertz CT molecular complexity index is 304. The molecule has 0 bridgehead atoms. The number of nitrogens with one attached hydrogen (secondary N) is 2. The molecule has 0 rings (SSSR count). The van der Waals surface area contributed by atoms with Crippen molar-refractivity contribution in [1.29, 1.82) is 0 Å². The molecule has 0 aromatic heterocycles. The molecule has 0 aliphatic heterocycles. The molecule has 0 atom stereocenters. The molecule has 9 heteroatoms. The van der Waals surface area contributed by atoms with E-state index in [9.17, 15) is 13.2 Å². The van der Waals surface area contributed by atoms with Crippen LogP contribution in [-0.2, 0) is 4.74 Å². The Labute approximate surface area is 154 Å². The van der Waals surface area contributed by atoms with E-state index >= 15 is 0 Å². The summed E-state index contributed by atoms with van der Waals surface area (Å²) in [6.45, 7) is 4.35. The topological polar surface area (TPSA) is 48.9 Å². The number of alkyl halides is 3. The van der Waals surface area contributed by atoms with Gasteiger partial charge in [-0.05, 0) is 39.8 Å². The molecular formula is C14H30F3IN4O. The SMILES string of the molecule is CCOCCCCNC(=NC)NCCCN(C)CC(F)(F)F.I. The minimum Gasteiger partial charge on any atom is -0.382 e. The third kappa shape index (κ3) is 17.9. The Balaban J connectivity index is 0. The van der Waals surface area contributed by atoms with Gasteiger partial charge in [0.05, 0.1) is 6.54 Å². The summed E-state index contributed by atoms with van der Waals surface area (Å²) >= 11 is 0. The second-order valence-electron chi connectivity index (χ2n) is 5.04. The van der Waals surface area contributed by atoms with Crippen LogP contribution in [0.15, 0.2) is 4.99 Å². The normalized spacial score (nSPS) is 12.2. The highest BCUT2D eigenvalue weighted by Crippen LogP contribution is 2.15. The number of hydrogen-bond acceptors (Lipinski definition) is 3. The zero-order chi connectivity index (χ0) is 16.8. The van der Waals surface area contributed by atoms with Crippen LogP contribution in [0.4, 0.5) is 13.2 Å². The Morgan fingerprint density at radius 3 is 2.26 bits per heavy atom. The summed E-state index contributed by atoms with van der Waals surface area (Å²) < 4.78 is 41.7. The van der Waals surface area contributed by atoms with E-state index in [2.05, 4.69) is 15.6 Å². The third-order valence-corrected chi connectivity index (χ3v) is 2.89. The smallest absolute Gasteiger partial charge is 0.382 e. The summed E-state index contributed by atoms with van der Waals surface area (Å²) in [7, 11) is 3.14. The molecule has 0 amide bonds. The number of aliphatic imine (C=N–C) groups is 1. The van der Waals surface area contributed by atoms with Crippen LogP contribution in [0.25, 0.3) is 0 Å². The van der Waals surface area contributed by atoms with Crippen molar-refractivity contribution in [1.82, 2.24) is 15.5 Å². The molecule has 0 saturated heterocycles. The number of unbranched alkanes of at least 4 members (excludes halogenated alkanes) is 1. The van der Waals surface area contributed by atoms with Gasteiger partial charge in [0.1, 0.15) is 0 Å². The van der Waals surface area contributed by atoms with Crippen molar-refractivity contribution in [3.8, 4) is 0 Å². The van der Waals surface area contributed by atoms with Crippen LogP contribution in [0, 0.1) is 0 Å². The van der Waals surface area contributed by atoms with Crippen LogP contribution in [0.2, 0.25) is 0 Å².